The number of aromatic hydroxyl groups is 1. The Hall–Kier alpha value is -1.50. The zero-order valence-electron chi connectivity index (χ0n) is 15.2. The molecule has 1 aliphatic rings. The lowest BCUT2D eigenvalue weighted by atomic mass is 9.72. The van der Waals surface area contributed by atoms with Gasteiger partial charge in [-0.1, -0.05) is 71.2 Å². The molecular formula is C22H32O. The Kier molecular flexibility index (Phi) is 6.10. The molecule has 2 aromatic carbocycles. The van der Waals surface area contributed by atoms with Crippen LogP contribution in [-0.2, 0) is 6.42 Å². The molecule has 1 aliphatic carbocycles. The number of hydrogen-bond donors (Lipinski definition) is 1. The van der Waals surface area contributed by atoms with Crippen LogP contribution in [-0.4, -0.2) is 5.11 Å². The molecule has 0 spiro atoms. The Morgan fingerprint density at radius 3 is 2.09 bits per heavy atom. The van der Waals surface area contributed by atoms with Crippen molar-refractivity contribution in [2.75, 3.05) is 0 Å². The maximum absolute atomic E-state index is 9.26. The fourth-order valence-electron chi connectivity index (χ4n) is 3.47. The van der Waals surface area contributed by atoms with Gasteiger partial charge in [-0.2, -0.15) is 0 Å². The van der Waals surface area contributed by atoms with Crippen LogP contribution in [0.1, 0.15) is 65.4 Å². The average molecular weight is 312 g/mol. The van der Waals surface area contributed by atoms with Crippen LogP contribution in [0.15, 0.2) is 36.4 Å². The maximum atomic E-state index is 9.26. The van der Waals surface area contributed by atoms with Crippen LogP contribution in [0.4, 0.5) is 0 Å². The van der Waals surface area contributed by atoms with Gasteiger partial charge >= 0.3 is 0 Å². The third kappa shape index (κ3) is 5.27. The molecule has 0 bridgehead atoms. The minimum atomic E-state index is 0.330. The van der Waals surface area contributed by atoms with Gasteiger partial charge < -0.3 is 5.11 Å². The predicted molar refractivity (Wildman–Crippen MR) is 101 cm³/mol. The van der Waals surface area contributed by atoms with Crippen molar-refractivity contribution >= 4 is 10.8 Å². The number of hydrogen-bond acceptors (Lipinski definition) is 1. The van der Waals surface area contributed by atoms with Gasteiger partial charge in [0.1, 0.15) is 5.75 Å². The van der Waals surface area contributed by atoms with Crippen LogP contribution in [0.5, 0.6) is 5.75 Å². The van der Waals surface area contributed by atoms with Crippen molar-refractivity contribution in [2.24, 2.45) is 11.3 Å². The summed E-state index contributed by atoms with van der Waals surface area (Å²) in [6, 6.07) is 11.8. The number of fused-ring (bicyclic) bond motifs is 1. The molecule has 0 heterocycles. The summed E-state index contributed by atoms with van der Waals surface area (Å²) in [5, 5.41) is 11.5. The van der Waals surface area contributed by atoms with E-state index in [1.807, 2.05) is 12.1 Å². The van der Waals surface area contributed by atoms with Crippen LogP contribution >= 0.6 is 0 Å². The van der Waals surface area contributed by atoms with Crippen molar-refractivity contribution in [1.29, 1.82) is 0 Å². The van der Waals surface area contributed by atoms with Gasteiger partial charge in [0, 0.05) is 0 Å². The quantitative estimate of drug-likeness (QED) is 0.619. The molecule has 2 aromatic rings. The van der Waals surface area contributed by atoms with Crippen molar-refractivity contribution in [2.45, 2.75) is 66.2 Å². The normalized spacial score (nSPS) is 16.0. The highest BCUT2D eigenvalue weighted by Crippen LogP contribution is 2.37. The van der Waals surface area contributed by atoms with Crippen LogP contribution in [0.2, 0.25) is 0 Å². The molecule has 0 aromatic heterocycles. The molecule has 1 fully saturated rings. The smallest absolute Gasteiger partial charge is 0.116 e. The SMILES string of the molecule is CC(C)(C)C1CCCCC1.CCc1ccc2cc(O)ccc2c1. The fraction of sp³-hybridized carbons (Fsp3) is 0.545. The lowest BCUT2D eigenvalue weighted by Crippen LogP contribution is -2.22. The van der Waals surface area contributed by atoms with E-state index in [1.165, 1.54) is 43.1 Å². The molecule has 0 atom stereocenters. The van der Waals surface area contributed by atoms with Crippen LogP contribution in [0.25, 0.3) is 10.8 Å². The maximum Gasteiger partial charge on any atom is 0.116 e. The Morgan fingerprint density at radius 2 is 1.52 bits per heavy atom. The minimum absolute atomic E-state index is 0.330. The summed E-state index contributed by atoms with van der Waals surface area (Å²) in [4.78, 5) is 0. The third-order valence-corrected chi connectivity index (χ3v) is 5.13. The predicted octanol–water partition coefficient (Wildman–Crippen LogP) is 6.72. The van der Waals surface area contributed by atoms with Gasteiger partial charge in [-0.3, -0.25) is 0 Å². The summed E-state index contributed by atoms with van der Waals surface area (Å²) >= 11 is 0. The molecule has 0 aliphatic heterocycles. The molecule has 3 rings (SSSR count). The van der Waals surface area contributed by atoms with Crippen molar-refractivity contribution < 1.29 is 5.11 Å². The number of phenols is 1. The van der Waals surface area contributed by atoms with Gasteiger partial charge in [0.25, 0.3) is 0 Å². The molecule has 0 amide bonds. The monoisotopic (exact) mass is 312 g/mol. The molecule has 23 heavy (non-hydrogen) atoms. The highest BCUT2D eigenvalue weighted by Gasteiger charge is 2.25. The largest absolute Gasteiger partial charge is 0.508 e. The zero-order chi connectivity index (χ0) is 16.9. The standard InChI is InChI=1S/C12H12O.C10H20/c1-2-9-3-4-11-8-12(13)6-5-10(11)7-9;1-10(2,3)9-7-5-4-6-8-9/h3-8,13H,2H2,1H3;9H,4-8H2,1-3H3. The summed E-state index contributed by atoms with van der Waals surface area (Å²) in [6.07, 6.45) is 8.43. The molecule has 0 saturated heterocycles. The second-order valence-corrected chi connectivity index (χ2v) is 7.92. The first-order valence-electron chi connectivity index (χ1n) is 9.12. The lowest BCUT2D eigenvalue weighted by Gasteiger charge is -2.33. The third-order valence-electron chi connectivity index (χ3n) is 5.13. The molecular weight excluding hydrogens is 280 g/mol. The number of phenolic OH excluding ortho intramolecular Hbond substituents is 1. The second kappa shape index (κ2) is 7.86. The van der Waals surface area contributed by atoms with Gasteiger partial charge in [0.2, 0.25) is 0 Å². The molecule has 1 saturated carbocycles. The topological polar surface area (TPSA) is 20.2 Å². The van der Waals surface area contributed by atoms with E-state index in [1.54, 1.807) is 12.1 Å². The van der Waals surface area contributed by atoms with Crippen LogP contribution in [0.3, 0.4) is 0 Å². The Labute approximate surface area is 141 Å². The van der Waals surface area contributed by atoms with Crippen molar-refractivity contribution in [3.05, 3.63) is 42.0 Å². The first kappa shape index (κ1) is 17.8. The first-order chi connectivity index (χ1) is 10.9. The van der Waals surface area contributed by atoms with Crippen LogP contribution < -0.4 is 0 Å². The number of benzene rings is 2. The molecule has 1 N–H and O–H groups in total. The molecule has 0 unspecified atom stereocenters. The van der Waals surface area contributed by atoms with Crippen LogP contribution in [0, 0.1) is 11.3 Å². The van der Waals surface area contributed by atoms with Gasteiger partial charge in [0.15, 0.2) is 0 Å². The summed E-state index contributed by atoms with van der Waals surface area (Å²) in [7, 11) is 0. The Balaban J connectivity index is 0.000000174. The van der Waals surface area contributed by atoms with Gasteiger partial charge in [-0.25, -0.2) is 0 Å². The van der Waals surface area contributed by atoms with E-state index in [9.17, 15) is 5.11 Å². The fourth-order valence-corrected chi connectivity index (χ4v) is 3.47. The first-order valence-corrected chi connectivity index (χ1v) is 9.12. The molecule has 126 valence electrons. The van der Waals surface area contributed by atoms with Gasteiger partial charge in [-0.05, 0) is 59.1 Å². The van der Waals surface area contributed by atoms with E-state index in [0.29, 0.717) is 11.2 Å². The summed E-state index contributed by atoms with van der Waals surface area (Å²) in [5.74, 6) is 1.33. The summed E-state index contributed by atoms with van der Waals surface area (Å²) in [6.45, 7) is 9.27. The Bertz CT molecular complexity index is 615. The number of rotatable bonds is 1. The molecule has 1 nitrogen and oxygen atoms in total. The second-order valence-electron chi connectivity index (χ2n) is 7.92. The van der Waals surface area contributed by atoms with E-state index in [-0.39, 0.29) is 0 Å². The van der Waals surface area contributed by atoms with Gasteiger partial charge in [0.05, 0.1) is 0 Å². The summed E-state index contributed by atoms with van der Waals surface area (Å²) < 4.78 is 0. The van der Waals surface area contributed by atoms with E-state index in [4.69, 9.17) is 0 Å². The Morgan fingerprint density at radius 1 is 0.913 bits per heavy atom. The van der Waals surface area contributed by atoms with Gasteiger partial charge in [-0.15, -0.1) is 0 Å². The average Bonchev–Trinajstić information content (AvgIpc) is 2.55. The molecule has 1 heteroatoms. The molecule has 0 radical (unpaired) electrons. The number of aryl methyl sites for hydroxylation is 1. The van der Waals surface area contributed by atoms with Crippen molar-refractivity contribution in [1.82, 2.24) is 0 Å². The summed E-state index contributed by atoms with van der Waals surface area (Å²) in [5.41, 5.74) is 1.90. The van der Waals surface area contributed by atoms with Crippen molar-refractivity contribution in [3.8, 4) is 5.75 Å². The minimum Gasteiger partial charge on any atom is -0.508 e. The van der Waals surface area contributed by atoms with E-state index in [2.05, 4.69) is 39.8 Å². The zero-order valence-corrected chi connectivity index (χ0v) is 15.2. The van der Waals surface area contributed by atoms with E-state index in [0.717, 1.165) is 17.7 Å². The van der Waals surface area contributed by atoms with Crippen molar-refractivity contribution in [3.63, 3.8) is 0 Å². The lowest BCUT2D eigenvalue weighted by molar-refractivity contribution is 0.180. The van der Waals surface area contributed by atoms with E-state index >= 15 is 0 Å². The van der Waals surface area contributed by atoms with E-state index < -0.39 is 0 Å². The highest BCUT2D eigenvalue weighted by molar-refractivity contribution is 5.84. The highest BCUT2D eigenvalue weighted by atomic mass is 16.3.